The Labute approximate surface area is 108 Å². The third kappa shape index (κ3) is 2.81. The van der Waals surface area contributed by atoms with Crippen LogP contribution >= 0.6 is 0 Å². The lowest BCUT2D eigenvalue weighted by atomic mass is 10.1. The molecule has 0 fully saturated rings. The molecule has 0 saturated carbocycles. The number of aromatic hydroxyl groups is 1. The summed E-state index contributed by atoms with van der Waals surface area (Å²) < 4.78 is 40.5. The van der Waals surface area contributed by atoms with E-state index in [2.05, 4.69) is 5.32 Å². The van der Waals surface area contributed by atoms with Crippen LogP contribution in [0.1, 0.15) is 18.5 Å². The Hall–Kier alpha value is -2.17. The van der Waals surface area contributed by atoms with Crippen LogP contribution in [0.25, 0.3) is 0 Å². The highest BCUT2D eigenvalue weighted by Crippen LogP contribution is 2.27. The molecular weight excluding hydrogens is 255 g/mol. The number of phenolic OH excluding ortho intramolecular Hbond substituents is 1. The van der Waals surface area contributed by atoms with E-state index in [1.54, 1.807) is 6.92 Å². The lowest BCUT2D eigenvalue weighted by molar-refractivity contribution is 0.467. The fourth-order valence-corrected chi connectivity index (χ4v) is 1.80. The van der Waals surface area contributed by atoms with Crippen molar-refractivity contribution in [1.29, 1.82) is 0 Å². The normalized spacial score (nSPS) is 12.2. The molecule has 0 aliphatic heterocycles. The summed E-state index contributed by atoms with van der Waals surface area (Å²) in [6.07, 6.45) is 0. The van der Waals surface area contributed by atoms with Gasteiger partial charge in [0.15, 0.2) is 0 Å². The molecule has 0 bridgehead atoms. The van der Waals surface area contributed by atoms with Gasteiger partial charge in [0.05, 0.1) is 6.04 Å². The Kier molecular flexibility index (Phi) is 3.64. The molecule has 0 amide bonds. The van der Waals surface area contributed by atoms with Crippen LogP contribution in [-0.4, -0.2) is 5.11 Å². The Morgan fingerprint density at radius 3 is 2.21 bits per heavy atom. The second-order valence-corrected chi connectivity index (χ2v) is 4.17. The lowest BCUT2D eigenvalue weighted by Gasteiger charge is -2.17. The predicted molar refractivity (Wildman–Crippen MR) is 66.5 cm³/mol. The van der Waals surface area contributed by atoms with Gasteiger partial charge in [0.25, 0.3) is 0 Å². The number of benzene rings is 2. The molecule has 19 heavy (non-hydrogen) atoms. The number of phenols is 1. The molecule has 0 aliphatic carbocycles. The Bertz CT molecular complexity index is 581. The molecule has 0 spiro atoms. The third-order valence-electron chi connectivity index (χ3n) is 2.77. The van der Waals surface area contributed by atoms with E-state index in [0.29, 0.717) is 0 Å². The van der Waals surface area contributed by atoms with Crippen molar-refractivity contribution >= 4 is 5.69 Å². The molecule has 2 aromatic carbocycles. The highest BCUT2D eigenvalue weighted by atomic mass is 19.1. The summed E-state index contributed by atoms with van der Waals surface area (Å²) in [6, 6.07) is 6.46. The molecular formula is C14H12F3NO. The van der Waals surface area contributed by atoms with Crippen molar-refractivity contribution in [2.45, 2.75) is 13.0 Å². The molecule has 0 heterocycles. The van der Waals surface area contributed by atoms with Crippen molar-refractivity contribution in [1.82, 2.24) is 0 Å². The van der Waals surface area contributed by atoms with E-state index in [1.807, 2.05) is 0 Å². The summed E-state index contributed by atoms with van der Waals surface area (Å²) >= 11 is 0. The minimum absolute atomic E-state index is 0.203. The van der Waals surface area contributed by atoms with Gasteiger partial charge in [-0.1, -0.05) is 12.1 Å². The first-order chi connectivity index (χ1) is 8.99. The molecule has 0 saturated heterocycles. The van der Waals surface area contributed by atoms with Crippen molar-refractivity contribution < 1.29 is 18.3 Å². The predicted octanol–water partition coefficient (Wildman–Crippen LogP) is 3.98. The molecule has 1 atom stereocenters. The van der Waals surface area contributed by atoms with Gasteiger partial charge in [-0.3, -0.25) is 0 Å². The Balaban J connectivity index is 2.28. The second kappa shape index (κ2) is 5.22. The zero-order chi connectivity index (χ0) is 14.0. The topological polar surface area (TPSA) is 32.3 Å². The van der Waals surface area contributed by atoms with Crippen molar-refractivity contribution in [3.8, 4) is 5.75 Å². The van der Waals surface area contributed by atoms with Crippen LogP contribution in [0.4, 0.5) is 18.9 Å². The van der Waals surface area contributed by atoms with Crippen LogP contribution in [0.3, 0.4) is 0 Å². The number of hydrogen-bond donors (Lipinski definition) is 2. The van der Waals surface area contributed by atoms with Crippen LogP contribution in [0.5, 0.6) is 5.75 Å². The average molecular weight is 267 g/mol. The maximum atomic E-state index is 13.6. The standard InChI is InChI=1S/C14H12F3NO/c1-8(10-6-5-9(19)7-13(10)17)18-14-11(15)3-2-4-12(14)16/h2-8,18-19H,1H3. The van der Waals surface area contributed by atoms with Gasteiger partial charge in [-0.2, -0.15) is 0 Å². The smallest absolute Gasteiger partial charge is 0.149 e. The summed E-state index contributed by atoms with van der Waals surface area (Å²) in [5, 5.41) is 11.7. The summed E-state index contributed by atoms with van der Waals surface area (Å²) in [5.41, 5.74) is -0.0945. The largest absolute Gasteiger partial charge is 0.508 e. The molecule has 2 nitrogen and oxygen atoms in total. The minimum Gasteiger partial charge on any atom is -0.508 e. The summed E-state index contributed by atoms with van der Waals surface area (Å²) in [6.45, 7) is 1.57. The summed E-state index contributed by atoms with van der Waals surface area (Å²) in [5.74, 6) is -2.33. The summed E-state index contributed by atoms with van der Waals surface area (Å²) in [7, 11) is 0. The van der Waals surface area contributed by atoms with E-state index in [9.17, 15) is 13.2 Å². The van der Waals surface area contributed by atoms with Crippen molar-refractivity contribution in [3.63, 3.8) is 0 Å². The first-order valence-electron chi connectivity index (χ1n) is 5.68. The van der Waals surface area contributed by atoms with E-state index in [4.69, 9.17) is 5.11 Å². The monoisotopic (exact) mass is 267 g/mol. The minimum atomic E-state index is -0.744. The number of anilines is 1. The van der Waals surface area contributed by atoms with Crippen LogP contribution in [0, 0.1) is 17.5 Å². The van der Waals surface area contributed by atoms with E-state index >= 15 is 0 Å². The second-order valence-electron chi connectivity index (χ2n) is 4.17. The first-order valence-corrected chi connectivity index (χ1v) is 5.68. The molecule has 0 aliphatic rings. The van der Waals surface area contributed by atoms with Crippen molar-refractivity contribution in [2.75, 3.05) is 5.32 Å². The molecule has 0 aromatic heterocycles. The molecule has 2 N–H and O–H groups in total. The van der Waals surface area contributed by atoms with Gasteiger partial charge in [0.2, 0.25) is 0 Å². The maximum Gasteiger partial charge on any atom is 0.149 e. The van der Waals surface area contributed by atoms with Crippen LogP contribution < -0.4 is 5.32 Å². The van der Waals surface area contributed by atoms with Crippen LogP contribution in [0.2, 0.25) is 0 Å². The van der Waals surface area contributed by atoms with E-state index in [-0.39, 0.29) is 17.0 Å². The third-order valence-corrected chi connectivity index (χ3v) is 2.77. The van der Waals surface area contributed by atoms with Gasteiger partial charge >= 0.3 is 0 Å². The van der Waals surface area contributed by atoms with Gasteiger partial charge < -0.3 is 10.4 Å². The number of halogens is 3. The first kappa shape index (κ1) is 13.3. The molecule has 2 rings (SSSR count). The number of rotatable bonds is 3. The maximum absolute atomic E-state index is 13.6. The molecule has 100 valence electrons. The van der Waals surface area contributed by atoms with Gasteiger partial charge in [0, 0.05) is 11.6 Å². The van der Waals surface area contributed by atoms with Crippen LogP contribution in [-0.2, 0) is 0 Å². The van der Waals surface area contributed by atoms with Crippen molar-refractivity contribution in [2.24, 2.45) is 0 Å². The Morgan fingerprint density at radius 1 is 1.00 bits per heavy atom. The molecule has 5 heteroatoms. The van der Waals surface area contributed by atoms with Gasteiger partial charge in [0.1, 0.15) is 28.9 Å². The lowest BCUT2D eigenvalue weighted by Crippen LogP contribution is -2.11. The molecule has 0 radical (unpaired) electrons. The van der Waals surface area contributed by atoms with Gasteiger partial charge in [-0.25, -0.2) is 13.2 Å². The van der Waals surface area contributed by atoms with E-state index < -0.39 is 23.5 Å². The van der Waals surface area contributed by atoms with E-state index in [1.165, 1.54) is 18.2 Å². The summed E-state index contributed by atoms with van der Waals surface area (Å²) in [4.78, 5) is 0. The van der Waals surface area contributed by atoms with Crippen molar-refractivity contribution in [3.05, 3.63) is 59.4 Å². The highest BCUT2D eigenvalue weighted by Gasteiger charge is 2.15. The van der Waals surface area contributed by atoms with Gasteiger partial charge in [-0.05, 0) is 25.1 Å². The SMILES string of the molecule is CC(Nc1c(F)cccc1F)c1ccc(O)cc1F. The number of nitrogens with one attached hydrogen (secondary N) is 1. The number of hydrogen-bond acceptors (Lipinski definition) is 2. The number of para-hydroxylation sites is 1. The fourth-order valence-electron chi connectivity index (χ4n) is 1.80. The average Bonchev–Trinajstić information content (AvgIpc) is 2.33. The van der Waals surface area contributed by atoms with Gasteiger partial charge in [-0.15, -0.1) is 0 Å². The highest BCUT2D eigenvalue weighted by molar-refractivity contribution is 5.48. The Morgan fingerprint density at radius 2 is 1.63 bits per heavy atom. The van der Waals surface area contributed by atoms with Crippen LogP contribution in [0.15, 0.2) is 36.4 Å². The quantitative estimate of drug-likeness (QED) is 0.881. The fraction of sp³-hybridized carbons (Fsp3) is 0.143. The van der Waals surface area contributed by atoms with E-state index in [0.717, 1.165) is 18.2 Å². The zero-order valence-corrected chi connectivity index (χ0v) is 10.1. The molecule has 1 unspecified atom stereocenters. The molecule has 2 aromatic rings. The zero-order valence-electron chi connectivity index (χ0n) is 10.1.